The Bertz CT molecular complexity index is 580. The highest BCUT2D eigenvalue weighted by atomic mass is 35.5. The molecule has 0 bridgehead atoms. The zero-order valence-electron chi connectivity index (χ0n) is 11.1. The van der Waals surface area contributed by atoms with Crippen molar-refractivity contribution >= 4 is 17.3 Å². The second kappa shape index (κ2) is 5.63. The fourth-order valence-electron chi connectivity index (χ4n) is 2.17. The minimum Gasteiger partial charge on any atom is -0.398 e. The van der Waals surface area contributed by atoms with E-state index in [1.54, 1.807) is 6.07 Å². The highest BCUT2D eigenvalue weighted by Crippen LogP contribution is 2.28. The van der Waals surface area contributed by atoms with Gasteiger partial charge in [0.1, 0.15) is 0 Å². The Labute approximate surface area is 117 Å². The van der Waals surface area contributed by atoms with Crippen LogP contribution in [-0.2, 0) is 13.0 Å². The number of aliphatic hydroxyl groups is 1. The molecule has 1 aromatic heterocycles. The molecule has 0 saturated heterocycles. The molecule has 0 spiro atoms. The number of nitrogen functional groups attached to an aromatic ring is 1. The molecule has 0 radical (unpaired) electrons. The van der Waals surface area contributed by atoms with E-state index in [-0.39, 0.29) is 0 Å². The Kier molecular flexibility index (Phi) is 4.12. The molecule has 0 fully saturated rings. The molecule has 0 aliphatic heterocycles. The minimum absolute atomic E-state index is 0.404. The van der Waals surface area contributed by atoms with Crippen LogP contribution in [0.5, 0.6) is 0 Å². The molecule has 102 valence electrons. The van der Waals surface area contributed by atoms with Gasteiger partial charge in [0.2, 0.25) is 0 Å². The van der Waals surface area contributed by atoms with Crippen molar-refractivity contribution in [3.63, 3.8) is 0 Å². The number of nitrogens with zero attached hydrogens (tertiary/aromatic N) is 2. The first kappa shape index (κ1) is 13.9. The van der Waals surface area contributed by atoms with Gasteiger partial charge in [0, 0.05) is 24.2 Å². The molecule has 4 nitrogen and oxygen atoms in total. The number of benzene rings is 1. The molecular weight excluding hydrogens is 262 g/mol. The lowest BCUT2D eigenvalue weighted by Gasteiger charge is -2.14. The maximum absolute atomic E-state index is 10.3. The van der Waals surface area contributed by atoms with Gasteiger partial charge in [-0.2, -0.15) is 5.10 Å². The van der Waals surface area contributed by atoms with Crippen LogP contribution in [0.3, 0.4) is 0 Å². The smallest absolute Gasteiger partial charge is 0.0865 e. The van der Waals surface area contributed by atoms with Gasteiger partial charge >= 0.3 is 0 Å². The van der Waals surface area contributed by atoms with Crippen molar-refractivity contribution in [1.29, 1.82) is 0 Å². The Balaban J connectivity index is 2.29. The zero-order chi connectivity index (χ0) is 14.0. The van der Waals surface area contributed by atoms with Crippen LogP contribution in [-0.4, -0.2) is 14.9 Å². The number of anilines is 1. The summed E-state index contributed by atoms with van der Waals surface area (Å²) in [5.41, 5.74) is 8.81. The molecule has 2 aromatic rings. The second-order valence-electron chi connectivity index (χ2n) is 4.51. The number of aromatic nitrogens is 2. The number of rotatable bonds is 4. The summed E-state index contributed by atoms with van der Waals surface area (Å²) in [7, 11) is 0. The van der Waals surface area contributed by atoms with Crippen LogP contribution in [0.4, 0.5) is 5.69 Å². The van der Waals surface area contributed by atoms with Crippen molar-refractivity contribution in [2.75, 3.05) is 5.73 Å². The number of hydrogen-bond acceptors (Lipinski definition) is 3. The summed E-state index contributed by atoms with van der Waals surface area (Å²) in [4.78, 5) is 0. The van der Waals surface area contributed by atoms with Crippen LogP contribution in [0.1, 0.15) is 30.0 Å². The average Bonchev–Trinajstić information content (AvgIpc) is 2.67. The summed E-state index contributed by atoms with van der Waals surface area (Å²) < 4.78 is 1.82. The van der Waals surface area contributed by atoms with E-state index in [0.29, 0.717) is 17.1 Å². The van der Waals surface area contributed by atoms with E-state index < -0.39 is 6.10 Å². The van der Waals surface area contributed by atoms with Crippen molar-refractivity contribution in [3.05, 3.63) is 46.2 Å². The molecule has 3 N–H and O–H groups in total. The molecule has 1 aromatic carbocycles. The molecule has 19 heavy (non-hydrogen) atoms. The van der Waals surface area contributed by atoms with Crippen LogP contribution in [0.15, 0.2) is 24.3 Å². The molecule has 5 heteroatoms. The monoisotopic (exact) mass is 279 g/mol. The van der Waals surface area contributed by atoms with Crippen LogP contribution >= 0.6 is 11.6 Å². The van der Waals surface area contributed by atoms with Gasteiger partial charge in [-0.05, 0) is 19.9 Å². The first-order chi connectivity index (χ1) is 9.04. The highest BCUT2D eigenvalue weighted by molar-refractivity contribution is 6.31. The quantitative estimate of drug-likeness (QED) is 0.846. The van der Waals surface area contributed by atoms with Crippen molar-refractivity contribution in [3.8, 4) is 0 Å². The minimum atomic E-state index is -0.680. The number of halogens is 1. The molecule has 1 unspecified atom stereocenters. The molecule has 1 heterocycles. The summed E-state index contributed by atoms with van der Waals surface area (Å²) in [5.74, 6) is 0. The molecule has 2 rings (SSSR count). The third-order valence-corrected chi connectivity index (χ3v) is 3.69. The SMILES string of the molecule is CCn1nc(C)c(Cl)c1CC(O)c1ccccc1N. The van der Waals surface area contributed by atoms with Crippen molar-refractivity contribution in [2.45, 2.75) is 32.9 Å². The summed E-state index contributed by atoms with van der Waals surface area (Å²) in [6.07, 6.45) is -0.276. The van der Waals surface area contributed by atoms with Gasteiger partial charge < -0.3 is 10.8 Å². The van der Waals surface area contributed by atoms with Crippen LogP contribution in [0.2, 0.25) is 5.02 Å². The Morgan fingerprint density at radius 3 is 2.74 bits per heavy atom. The van der Waals surface area contributed by atoms with Crippen molar-refractivity contribution in [1.82, 2.24) is 9.78 Å². The van der Waals surface area contributed by atoms with Gasteiger partial charge in [-0.3, -0.25) is 4.68 Å². The van der Waals surface area contributed by atoms with Crippen LogP contribution in [0, 0.1) is 6.92 Å². The molecule has 0 aliphatic rings. The zero-order valence-corrected chi connectivity index (χ0v) is 11.9. The van der Waals surface area contributed by atoms with Gasteiger partial charge in [-0.1, -0.05) is 29.8 Å². The second-order valence-corrected chi connectivity index (χ2v) is 4.89. The first-order valence-corrected chi connectivity index (χ1v) is 6.66. The van der Waals surface area contributed by atoms with Crippen LogP contribution < -0.4 is 5.73 Å². The molecular formula is C14H18ClN3O. The molecule has 0 aliphatic carbocycles. The Hall–Kier alpha value is -1.52. The van der Waals surface area contributed by atoms with Crippen LogP contribution in [0.25, 0.3) is 0 Å². The topological polar surface area (TPSA) is 64.1 Å². The van der Waals surface area contributed by atoms with E-state index in [9.17, 15) is 5.11 Å². The summed E-state index contributed by atoms with van der Waals surface area (Å²) in [5, 5.41) is 15.3. The third-order valence-electron chi connectivity index (χ3n) is 3.19. The number of hydrogen-bond donors (Lipinski definition) is 2. The van der Waals surface area contributed by atoms with E-state index in [2.05, 4.69) is 5.10 Å². The van der Waals surface area contributed by atoms with E-state index in [4.69, 9.17) is 17.3 Å². The maximum Gasteiger partial charge on any atom is 0.0865 e. The van der Waals surface area contributed by atoms with Crippen molar-refractivity contribution < 1.29 is 5.11 Å². The van der Waals surface area contributed by atoms with Crippen molar-refractivity contribution in [2.24, 2.45) is 0 Å². The Morgan fingerprint density at radius 1 is 1.42 bits per heavy atom. The van der Waals surface area contributed by atoms with Gasteiger partial charge in [0.05, 0.1) is 22.5 Å². The average molecular weight is 280 g/mol. The number of aryl methyl sites for hydroxylation is 2. The predicted octanol–water partition coefficient (Wildman–Crippen LogP) is 2.72. The van der Waals surface area contributed by atoms with Gasteiger partial charge in [0.25, 0.3) is 0 Å². The fraction of sp³-hybridized carbons (Fsp3) is 0.357. The molecule has 1 atom stereocenters. The number of nitrogens with two attached hydrogens (primary N) is 1. The molecule has 0 saturated carbocycles. The summed E-state index contributed by atoms with van der Waals surface area (Å²) >= 11 is 6.24. The van der Waals surface area contributed by atoms with E-state index in [0.717, 1.165) is 23.5 Å². The van der Waals surface area contributed by atoms with Gasteiger partial charge in [0.15, 0.2) is 0 Å². The highest BCUT2D eigenvalue weighted by Gasteiger charge is 2.18. The summed E-state index contributed by atoms with van der Waals surface area (Å²) in [6.45, 7) is 4.58. The van der Waals surface area contributed by atoms with E-state index in [1.807, 2.05) is 36.7 Å². The number of para-hydroxylation sites is 1. The van der Waals surface area contributed by atoms with Gasteiger partial charge in [-0.25, -0.2) is 0 Å². The summed E-state index contributed by atoms with van der Waals surface area (Å²) in [6, 6.07) is 7.31. The number of aliphatic hydroxyl groups excluding tert-OH is 1. The maximum atomic E-state index is 10.3. The lowest BCUT2D eigenvalue weighted by atomic mass is 10.0. The molecule has 0 amide bonds. The lowest BCUT2D eigenvalue weighted by molar-refractivity contribution is 0.176. The predicted molar refractivity (Wildman–Crippen MR) is 77.2 cm³/mol. The Morgan fingerprint density at radius 2 is 2.11 bits per heavy atom. The fourth-order valence-corrected chi connectivity index (χ4v) is 2.38. The lowest BCUT2D eigenvalue weighted by Crippen LogP contribution is -2.10. The standard InChI is InChI=1S/C14H18ClN3O/c1-3-18-12(14(15)9(2)17-18)8-13(19)10-6-4-5-7-11(10)16/h4-7,13,19H,3,8,16H2,1-2H3. The largest absolute Gasteiger partial charge is 0.398 e. The normalized spacial score (nSPS) is 12.6. The van der Waals surface area contributed by atoms with Gasteiger partial charge in [-0.15, -0.1) is 0 Å². The van der Waals surface area contributed by atoms with E-state index in [1.165, 1.54) is 0 Å². The van der Waals surface area contributed by atoms with E-state index >= 15 is 0 Å². The third kappa shape index (κ3) is 2.74. The first-order valence-electron chi connectivity index (χ1n) is 6.28.